The third-order valence-electron chi connectivity index (χ3n) is 6.71. The van der Waals surface area contributed by atoms with Gasteiger partial charge in [-0.15, -0.1) is 0 Å². The van der Waals surface area contributed by atoms with Crippen LogP contribution < -0.4 is 4.74 Å². The maximum Gasteiger partial charge on any atom is 0.271 e. The second-order valence-corrected chi connectivity index (χ2v) is 8.30. The highest BCUT2D eigenvalue weighted by atomic mass is 16.5. The van der Waals surface area contributed by atoms with Crippen molar-refractivity contribution >= 4 is 5.91 Å². The van der Waals surface area contributed by atoms with Gasteiger partial charge < -0.3 is 14.7 Å². The molecule has 0 bridgehead atoms. The first-order valence-electron chi connectivity index (χ1n) is 10.4. The van der Waals surface area contributed by atoms with Crippen molar-refractivity contribution in [2.24, 2.45) is 11.8 Å². The Balaban J connectivity index is 1.34. The maximum absolute atomic E-state index is 13.1. The number of fused-ring (bicyclic) bond motifs is 1. The molecule has 1 saturated heterocycles. The van der Waals surface area contributed by atoms with Gasteiger partial charge in [0.05, 0.1) is 18.4 Å². The first kappa shape index (κ1) is 18.9. The van der Waals surface area contributed by atoms with Crippen LogP contribution in [0.25, 0.3) is 11.3 Å². The van der Waals surface area contributed by atoms with Gasteiger partial charge in [-0.1, -0.05) is 42.5 Å². The minimum absolute atomic E-state index is 0.0337. The van der Waals surface area contributed by atoms with Crippen molar-refractivity contribution in [2.45, 2.75) is 18.4 Å². The van der Waals surface area contributed by atoms with Crippen molar-refractivity contribution in [3.05, 3.63) is 71.9 Å². The molecule has 1 aliphatic heterocycles. The van der Waals surface area contributed by atoms with Crippen LogP contribution in [0.3, 0.4) is 0 Å². The topological polar surface area (TPSA) is 78.5 Å². The molecule has 3 atom stereocenters. The Bertz CT molecular complexity index is 1050. The van der Waals surface area contributed by atoms with Crippen molar-refractivity contribution < 1.29 is 14.6 Å². The highest BCUT2D eigenvalue weighted by molar-refractivity contribution is 5.93. The normalized spacial score (nSPS) is 25.3. The van der Waals surface area contributed by atoms with Crippen LogP contribution in [-0.2, 0) is 5.60 Å². The molecule has 30 heavy (non-hydrogen) atoms. The summed E-state index contributed by atoms with van der Waals surface area (Å²) in [5.41, 5.74) is 2.21. The number of methoxy groups -OCH3 is 1. The quantitative estimate of drug-likeness (QED) is 0.699. The van der Waals surface area contributed by atoms with Crippen LogP contribution >= 0.6 is 0 Å². The number of nitrogens with one attached hydrogen (secondary N) is 1. The van der Waals surface area contributed by atoms with Gasteiger partial charge in [0.2, 0.25) is 0 Å². The van der Waals surface area contributed by atoms with Crippen LogP contribution in [0.1, 0.15) is 28.9 Å². The summed E-state index contributed by atoms with van der Waals surface area (Å²) >= 11 is 0. The first-order chi connectivity index (χ1) is 14.6. The number of nitrogens with zero attached hydrogens (tertiary/aromatic N) is 2. The zero-order chi connectivity index (χ0) is 20.7. The van der Waals surface area contributed by atoms with Gasteiger partial charge in [-0.25, -0.2) is 0 Å². The number of aromatic nitrogens is 2. The fourth-order valence-corrected chi connectivity index (χ4v) is 5.06. The zero-order valence-corrected chi connectivity index (χ0v) is 16.9. The predicted octanol–water partition coefficient (Wildman–Crippen LogP) is 3.46. The number of carbonyl (C=O) groups is 1. The van der Waals surface area contributed by atoms with Crippen molar-refractivity contribution in [1.29, 1.82) is 0 Å². The third-order valence-corrected chi connectivity index (χ3v) is 6.71. The van der Waals surface area contributed by atoms with E-state index in [0.29, 0.717) is 24.7 Å². The van der Waals surface area contributed by atoms with Crippen LogP contribution in [-0.4, -0.2) is 46.3 Å². The van der Waals surface area contributed by atoms with Crippen molar-refractivity contribution in [2.75, 3.05) is 20.2 Å². The molecule has 5 rings (SSSR count). The van der Waals surface area contributed by atoms with E-state index in [0.717, 1.165) is 35.4 Å². The molecule has 1 saturated carbocycles. The van der Waals surface area contributed by atoms with Crippen molar-refractivity contribution in [1.82, 2.24) is 15.1 Å². The van der Waals surface area contributed by atoms with E-state index in [4.69, 9.17) is 4.74 Å². The molecule has 0 radical (unpaired) electrons. The van der Waals surface area contributed by atoms with Gasteiger partial charge in [0.1, 0.15) is 11.4 Å². The second kappa shape index (κ2) is 7.29. The van der Waals surface area contributed by atoms with E-state index in [1.54, 1.807) is 13.2 Å². The number of amides is 1. The van der Waals surface area contributed by atoms with Gasteiger partial charge in [0.15, 0.2) is 0 Å². The highest BCUT2D eigenvalue weighted by Gasteiger charge is 2.53. The van der Waals surface area contributed by atoms with Gasteiger partial charge in [-0.3, -0.25) is 9.89 Å². The minimum atomic E-state index is -0.908. The summed E-state index contributed by atoms with van der Waals surface area (Å²) in [7, 11) is 1.63. The Morgan fingerprint density at radius 2 is 1.93 bits per heavy atom. The number of benzene rings is 2. The average Bonchev–Trinajstić information content (AvgIpc) is 3.51. The molecule has 2 N–H and O–H groups in total. The molecule has 6 heteroatoms. The van der Waals surface area contributed by atoms with Crippen LogP contribution in [0.4, 0.5) is 0 Å². The lowest BCUT2D eigenvalue weighted by Gasteiger charge is -2.30. The van der Waals surface area contributed by atoms with Gasteiger partial charge in [-0.2, -0.15) is 5.10 Å². The number of likely N-dealkylation sites (tertiary alicyclic amines) is 1. The van der Waals surface area contributed by atoms with Crippen molar-refractivity contribution in [3.63, 3.8) is 0 Å². The summed E-state index contributed by atoms with van der Waals surface area (Å²) in [5.74, 6) is 1.05. The first-order valence-corrected chi connectivity index (χ1v) is 10.4. The summed E-state index contributed by atoms with van der Waals surface area (Å²) in [4.78, 5) is 15.0. The zero-order valence-electron chi connectivity index (χ0n) is 16.9. The highest BCUT2D eigenvalue weighted by Crippen LogP contribution is 2.50. The smallest absolute Gasteiger partial charge is 0.271 e. The van der Waals surface area contributed by atoms with E-state index >= 15 is 0 Å². The molecule has 3 aromatic rings. The molecule has 154 valence electrons. The Morgan fingerprint density at radius 1 is 1.17 bits per heavy atom. The maximum atomic E-state index is 13.1. The number of H-pyrrole nitrogens is 1. The van der Waals surface area contributed by atoms with E-state index in [-0.39, 0.29) is 11.8 Å². The molecule has 2 aromatic carbocycles. The van der Waals surface area contributed by atoms with Gasteiger partial charge >= 0.3 is 0 Å². The van der Waals surface area contributed by atoms with Crippen LogP contribution in [0.15, 0.2) is 60.7 Å². The number of rotatable bonds is 4. The van der Waals surface area contributed by atoms with Crippen molar-refractivity contribution in [3.8, 4) is 17.0 Å². The summed E-state index contributed by atoms with van der Waals surface area (Å²) in [6, 6.07) is 19.2. The van der Waals surface area contributed by atoms with E-state index in [2.05, 4.69) is 10.2 Å². The number of hydrogen-bond acceptors (Lipinski definition) is 4. The molecule has 2 aliphatic rings. The lowest BCUT2D eigenvalue weighted by Crippen LogP contribution is -2.36. The summed E-state index contributed by atoms with van der Waals surface area (Å²) in [6.45, 7) is 1.22. The Kier molecular flexibility index (Phi) is 4.59. The standard InChI is InChI=1S/C24H25N3O3/c1-30-19-9-7-18(8-10-19)24(29)12-11-17-14-27(15-20(17)24)23(28)22-13-21(25-26-22)16-5-3-2-4-6-16/h2-10,13,17,20,29H,11-12,14-15H2,1H3,(H,25,26)/t17-,20+,24+/m1/s1. The third kappa shape index (κ3) is 3.08. The largest absolute Gasteiger partial charge is 0.497 e. The molecule has 2 fully saturated rings. The fourth-order valence-electron chi connectivity index (χ4n) is 5.06. The monoisotopic (exact) mass is 403 g/mol. The van der Waals surface area contributed by atoms with Crippen LogP contribution in [0, 0.1) is 11.8 Å². The fraction of sp³-hybridized carbons (Fsp3) is 0.333. The molecule has 1 aliphatic carbocycles. The van der Waals surface area contributed by atoms with Crippen LogP contribution in [0.5, 0.6) is 5.75 Å². The molecule has 6 nitrogen and oxygen atoms in total. The molecular formula is C24H25N3O3. The molecule has 1 aromatic heterocycles. The van der Waals surface area contributed by atoms with Gasteiger partial charge in [-0.05, 0) is 42.5 Å². The Hall–Kier alpha value is -3.12. The Labute approximate surface area is 175 Å². The second-order valence-electron chi connectivity index (χ2n) is 8.30. The lowest BCUT2D eigenvalue weighted by atomic mass is 9.82. The summed E-state index contributed by atoms with van der Waals surface area (Å²) in [5, 5.41) is 18.7. The number of aromatic amines is 1. The van der Waals surface area contributed by atoms with Gasteiger partial charge in [0, 0.05) is 24.6 Å². The van der Waals surface area contributed by atoms with E-state index in [9.17, 15) is 9.90 Å². The Morgan fingerprint density at radius 3 is 2.67 bits per heavy atom. The number of hydrogen-bond donors (Lipinski definition) is 2. The molecule has 0 spiro atoms. The van der Waals surface area contributed by atoms with Gasteiger partial charge in [0.25, 0.3) is 5.91 Å². The van der Waals surface area contributed by atoms with E-state index in [1.165, 1.54) is 0 Å². The van der Waals surface area contributed by atoms with E-state index < -0.39 is 5.60 Å². The summed E-state index contributed by atoms with van der Waals surface area (Å²) in [6.07, 6.45) is 1.63. The molecule has 2 heterocycles. The molecule has 1 amide bonds. The number of aliphatic hydroxyl groups is 1. The lowest BCUT2D eigenvalue weighted by molar-refractivity contribution is -0.00594. The SMILES string of the molecule is COc1ccc([C@@]2(O)CC[C@@H]3CN(C(=O)c4cc(-c5ccccc5)n[nH]4)C[C@@H]32)cc1. The minimum Gasteiger partial charge on any atom is -0.497 e. The number of carbonyl (C=O) groups excluding carboxylic acids is 1. The van der Waals surface area contributed by atoms with Crippen LogP contribution in [0.2, 0.25) is 0 Å². The average molecular weight is 403 g/mol. The number of ether oxygens (including phenoxy) is 1. The predicted molar refractivity (Wildman–Crippen MR) is 113 cm³/mol. The molecular weight excluding hydrogens is 378 g/mol. The molecule has 0 unspecified atom stereocenters. The van der Waals surface area contributed by atoms with E-state index in [1.807, 2.05) is 59.5 Å². The summed E-state index contributed by atoms with van der Waals surface area (Å²) < 4.78 is 5.24.